The van der Waals surface area contributed by atoms with Gasteiger partial charge in [-0.3, -0.25) is 0 Å². The third-order valence-electron chi connectivity index (χ3n) is 3.82. The molecule has 1 nitrogen and oxygen atoms in total. The Morgan fingerprint density at radius 2 is 1.13 bits per heavy atom. The lowest BCUT2D eigenvalue weighted by molar-refractivity contribution is 0.653. The summed E-state index contributed by atoms with van der Waals surface area (Å²) in [5.41, 5.74) is 3.80. The fourth-order valence-electron chi connectivity index (χ4n) is 2.66. The summed E-state index contributed by atoms with van der Waals surface area (Å²) in [7, 11) is 0. The molecule has 0 unspecified atom stereocenters. The number of hydrogen-bond acceptors (Lipinski definition) is 1. The standard InChI is InChI=1S/C22H21N/c1-4-11-19(12-5-1)13-10-18-23-22(20-14-6-2-7-15-20)21-16-8-3-9-17-21/h1-17,22-23H,18H2/b13-10+. The van der Waals surface area contributed by atoms with Crippen molar-refractivity contribution < 1.29 is 0 Å². The molecule has 23 heavy (non-hydrogen) atoms. The van der Waals surface area contributed by atoms with Crippen molar-refractivity contribution in [1.82, 2.24) is 5.32 Å². The molecule has 114 valence electrons. The van der Waals surface area contributed by atoms with Crippen molar-refractivity contribution in [3.8, 4) is 0 Å². The fourth-order valence-corrected chi connectivity index (χ4v) is 2.66. The first kappa shape index (κ1) is 15.3. The summed E-state index contributed by atoms with van der Waals surface area (Å²) >= 11 is 0. The summed E-state index contributed by atoms with van der Waals surface area (Å²) in [4.78, 5) is 0. The van der Waals surface area contributed by atoms with Gasteiger partial charge in [-0.15, -0.1) is 0 Å². The van der Waals surface area contributed by atoms with Crippen molar-refractivity contribution >= 4 is 6.08 Å². The average molecular weight is 299 g/mol. The Morgan fingerprint density at radius 1 is 0.652 bits per heavy atom. The third kappa shape index (κ3) is 4.41. The molecule has 0 spiro atoms. The summed E-state index contributed by atoms with van der Waals surface area (Å²) in [6, 6.07) is 31.8. The van der Waals surface area contributed by atoms with Crippen LogP contribution in [0.15, 0.2) is 97.1 Å². The molecular weight excluding hydrogens is 278 g/mol. The Hall–Kier alpha value is -2.64. The zero-order valence-corrected chi connectivity index (χ0v) is 13.1. The molecule has 0 aromatic heterocycles. The summed E-state index contributed by atoms with van der Waals surface area (Å²) in [5.74, 6) is 0. The lowest BCUT2D eigenvalue weighted by Crippen LogP contribution is -2.22. The molecule has 0 aliphatic rings. The highest BCUT2D eigenvalue weighted by molar-refractivity contribution is 5.48. The van der Waals surface area contributed by atoms with Crippen LogP contribution in [0.1, 0.15) is 22.7 Å². The molecule has 0 bridgehead atoms. The molecule has 0 saturated heterocycles. The van der Waals surface area contributed by atoms with Crippen LogP contribution in [0.2, 0.25) is 0 Å². The Bertz CT molecular complexity index is 678. The molecule has 0 atom stereocenters. The SMILES string of the molecule is C(=C\c1ccccc1)/CNC(c1ccccc1)c1ccccc1. The van der Waals surface area contributed by atoms with E-state index in [0.717, 1.165) is 6.54 Å². The van der Waals surface area contributed by atoms with Gasteiger partial charge in [0.25, 0.3) is 0 Å². The zero-order valence-electron chi connectivity index (χ0n) is 13.1. The van der Waals surface area contributed by atoms with Gasteiger partial charge in [0.2, 0.25) is 0 Å². The van der Waals surface area contributed by atoms with Crippen LogP contribution < -0.4 is 5.32 Å². The smallest absolute Gasteiger partial charge is 0.0579 e. The third-order valence-corrected chi connectivity index (χ3v) is 3.82. The molecule has 0 fully saturated rings. The predicted molar refractivity (Wildman–Crippen MR) is 98.2 cm³/mol. The van der Waals surface area contributed by atoms with Crippen LogP contribution in [-0.4, -0.2) is 6.54 Å². The maximum atomic E-state index is 3.64. The second kappa shape index (κ2) is 8.11. The molecule has 1 N–H and O–H groups in total. The minimum atomic E-state index is 0.206. The van der Waals surface area contributed by atoms with E-state index in [0.29, 0.717) is 0 Å². The molecular formula is C22H21N. The van der Waals surface area contributed by atoms with Crippen LogP contribution in [-0.2, 0) is 0 Å². The van der Waals surface area contributed by atoms with Gasteiger partial charge in [-0.1, -0.05) is 103 Å². The highest BCUT2D eigenvalue weighted by Crippen LogP contribution is 2.21. The molecule has 0 aliphatic heterocycles. The maximum absolute atomic E-state index is 3.64. The minimum Gasteiger partial charge on any atom is -0.303 e. The molecule has 3 rings (SSSR count). The topological polar surface area (TPSA) is 12.0 Å². The lowest BCUT2D eigenvalue weighted by Gasteiger charge is -2.19. The lowest BCUT2D eigenvalue weighted by atomic mass is 9.99. The van der Waals surface area contributed by atoms with Gasteiger partial charge in [0.1, 0.15) is 0 Å². The van der Waals surface area contributed by atoms with Crippen molar-refractivity contribution in [3.63, 3.8) is 0 Å². The van der Waals surface area contributed by atoms with Gasteiger partial charge >= 0.3 is 0 Å². The molecule has 3 aromatic rings. The van der Waals surface area contributed by atoms with Gasteiger partial charge in [-0.2, -0.15) is 0 Å². The molecule has 0 heterocycles. The summed E-state index contributed by atoms with van der Waals surface area (Å²) < 4.78 is 0. The van der Waals surface area contributed by atoms with E-state index in [2.05, 4.69) is 102 Å². The Kier molecular flexibility index (Phi) is 5.38. The van der Waals surface area contributed by atoms with Crippen LogP contribution in [0.5, 0.6) is 0 Å². The van der Waals surface area contributed by atoms with Crippen molar-refractivity contribution in [2.24, 2.45) is 0 Å². The van der Waals surface area contributed by atoms with E-state index in [1.807, 2.05) is 6.07 Å². The van der Waals surface area contributed by atoms with Crippen molar-refractivity contribution in [3.05, 3.63) is 114 Å². The van der Waals surface area contributed by atoms with E-state index in [1.54, 1.807) is 0 Å². The maximum Gasteiger partial charge on any atom is 0.0579 e. The number of benzene rings is 3. The number of nitrogens with one attached hydrogen (secondary N) is 1. The number of rotatable bonds is 6. The first-order valence-electron chi connectivity index (χ1n) is 7.98. The molecule has 0 saturated carbocycles. The van der Waals surface area contributed by atoms with E-state index in [-0.39, 0.29) is 6.04 Å². The summed E-state index contributed by atoms with van der Waals surface area (Å²) in [6.45, 7) is 0.823. The predicted octanol–water partition coefficient (Wildman–Crippen LogP) is 5.08. The van der Waals surface area contributed by atoms with E-state index < -0.39 is 0 Å². The van der Waals surface area contributed by atoms with Gasteiger partial charge in [0.05, 0.1) is 6.04 Å². The quantitative estimate of drug-likeness (QED) is 0.669. The van der Waals surface area contributed by atoms with E-state index >= 15 is 0 Å². The number of hydrogen-bond donors (Lipinski definition) is 1. The Morgan fingerprint density at radius 3 is 1.65 bits per heavy atom. The van der Waals surface area contributed by atoms with Gasteiger partial charge in [-0.25, -0.2) is 0 Å². The van der Waals surface area contributed by atoms with Crippen LogP contribution in [0.4, 0.5) is 0 Å². The van der Waals surface area contributed by atoms with Crippen LogP contribution in [0, 0.1) is 0 Å². The molecule has 0 radical (unpaired) electrons. The highest BCUT2D eigenvalue weighted by Gasteiger charge is 2.11. The van der Waals surface area contributed by atoms with Crippen LogP contribution in [0.25, 0.3) is 6.08 Å². The molecule has 1 heteroatoms. The first-order valence-corrected chi connectivity index (χ1v) is 7.98. The monoisotopic (exact) mass is 299 g/mol. The Balaban J connectivity index is 1.71. The van der Waals surface area contributed by atoms with E-state index in [9.17, 15) is 0 Å². The van der Waals surface area contributed by atoms with Crippen molar-refractivity contribution in [1.29, 1.82) is 0 Å². The summed E-state index contributed by atoms with van der Waals surface area (Å²) in [6.07, 6.45) is 4.33. The van der Waals surface area contributed by atoms with E-state index in [4.69, 9.17) is 0 Å². The average Bonchev–Trinajstić information content (AvgIpc) is 2.64. The van der Waals surface area contributed by atoms with Crippen LogP contribution in [0.3, 0.4) is 0 Å². The Labute approximate surface area is 138 Å². The van der Waals surface area contributed by atoms with E-state index in [1.165, 1.54) is 16.7 Å². The minimum absolute atomic E-state index is 0.206. The highest BCUT2D eigenvalue weighted by atomic mass is 14.9. The van der Waals surface area contributed by atoms with Gasteiger partial charge in [0.15, 0.2) is 0 Å². The molecule has 0 amide bonds. The largest absolute Gasteiger partial charge is 0.303 e. The van der Waals surface area contributed by atoms with Gasteiger partial charge in [0, 0.05) is 6.54 Å². The van der Waals surface area contributed by atoms with Gasteiger partial charge < -0.3 is 5.32 Å². The second-order valence-electron chi connectivity index (χ2n) is 5.48. The van der Waals surface area contributed by atoms with Gasteiger partial charge in [-0.05, 0) is 16.7 Å². The van der Waals surface area contributed by atoms with Crippen molar-refractivity contribution in [2.75, 3.05) is 6.54 Å². The van der Waals surface area contributed by atoms with Crippen molar-refractivity contribution in [2.45, 2.75) is 6.04 Å². The summed E-state index contributed by atoms with van der Waals surface area (Å²) in [5, 5.41) is 3.64. The fraction of sp³-hybridized carbons (Fsp3) is 0.0909. The molecule has 3 aromatic carbocycles. The molecule has 0 aliphatic carbocycles. The second-order valence-corrected chi connectivity index (χ2v) is 5.48. The van der Waals surface area contributed by atoms with Crippen LogP contribution >= 0.6 is 0 Å². The first-order chi connectivity index (χ1) is 11.4. The normalized spacial score (nSPS) is 11.2. The zero-order chi connectivity index (χ0) is 15.7.